The molecule has 4 rings (SSSR count). The summed E-state index contributed by atoms with van der Waals surface area (Å²) in [5, 5.41) is 6.79. The molecule has 1 aromatic heterocycles. The molecule has 0 saturated carbocycles. The van der Waals surface area contributed by atoms with Crippen LogP contribution in [0.5, 0.6) is 11.5 Å². The third-order valence-electron chi connectivity index (χ3n) is 4.81. The number of nitrogens with one attached hydrogen (secondary N) is 1. The maximum Gasteiger partial charge on any atom is 0.359 e. The first-order chi connectivity index (χ1) is 15.5. The van der Waals surface area contributed by atoms with Gasteiger partial charge < -0.3 is 19.5 Å². The molecule has 0 radical (unpaired) electrons. The summed E-state index contributed by atoms with van der Waals surface area (Å²) in [7, 11) is 0. The van der Waals surface area contributed by atoms with E-state index in [1.165, 1.54) is 23.7 Å². The molecular formula is C23H21N3O6. The molecule has 1 N–H and O–H groups in total. The largest absolute Gasteiger partial charge is 0.454 e. The molecule has 2 aromatic carbocycles. The molecule has 0 spiro atoms. The molecule has 9 nitrogen and oxygen atoms in total. The van der Waals surface area contributed by atoms with Crippen molar-refractivity contribution >= 4 is 11.9 Å². The van der Waals surface area contributed by atoms with Crippen LogP contribution in [0.1, 0.15) is 28.5 Å². The van der Waals surface area contributed by atoms with Crippen LogP contribution < -0.4 is 20.3 Å². The number of hydrogen-bond acceptors (Lipinski definition) is 7. The fraction of sp³-hybridized carbons (Fsp3) is 0.217. The summed E-state index contributed by atoms with van der Waals surface area (Å²) in [4.78, 5) is 36.9. The van der Waals surface area contributed by atoms with Gasteiger partial charge in [0.2, 0.25) is 6.79 Å². The van der Waals surface area contributed by atoms with Crippen molar-refractivity contribution in [1.82, 2.24) is 15.1 Å². The fourth-order valence-corrected chi connectivity index (χ4v) is 3.09. The number of nitrogens with zero attached hydrogens (tertiary/aromatic N) is 2. The summed E-state index contributed by atoms with van der Waals surface area (Å²) in [6.45, 7) is 2.08. The Hall–Kier alpha value is -4.14. The minimum absolute atomic E-state index is 0.0593. The lowest BCUT2D eigenvalue weighted by atomic mass is 10.2. The molecule has 1 aliphatic heterocycles. The zero-order valence-corrected chi connectivity index (χ0v) is 17.3. The molecule has 0 fully saturated rings. The number of esters is 1. The molecule has 164 valence electrons. The quantitative estimate of drug-likeness (QED) is 0.565. The first kappa shape index (κ1) is 21.1. The van der Waals surface area contributed by atoms with Crippen LogP contribution in [-0.2, 0) is 22.6 Å². The van der Waals surface area contributed by atoms with Crippen LogP contribution in [0.3, 0.4) is 0 Å². The number of fused-ring (bicyclic) bond motifs is 1. The van der Waals surface area contributed by atoms with Crippen LogP contribution in [-0.4, -0.2) is 34.6 Å². The number of carbonyl (C=O) groups is 2. The first-order valence-corrected chi connectivity index (χ1v) is 9.99. The van der Waals surface area contributed by atoms with E-state index in [1.54, 1.807) is 12.1 Å². The van der Waals surface area contributed by atoms with E-state index in [1.807, 2.05) is 36.4 Å². The minimum atomic E-state index is -1.05. The van der Waals surface area contributed by atoms with Crippen molar-refractivity contribution in [2.75, 3.05) is 6.79 Å². The van der Waals surface area contributed by atoms with Gasteiger partial charge in [0.1, 0.15) is 0 Å². The first-order valence-electron chi connectivity index (χ1n) is 9.99. The van der Waals surface area contributed by atoms with Gasteiger partial charge in [-0.25, -0.2) is 9.48 Å². The Morgan fingerprint density at radius 1 is 1.06 bits per heavy atom. The topological polar surface area (TPSA) is 109 Å². The molecule has 1 aliphatic rings. The Morgan fingerprint density at radius 2 is 1.84 bits per heavy atom. The van der Waals surface area contributed by atoms with Crippen LogP contribution in [0, 0.1) is 0 Å². The summed E-state index contributed by atoms with van der Waals surface area (Å²) < 4.78 is 17.0. The fourth-order valence-electron chi connectivity index (χ4n) is 3.09. The highest BCUT2D eigenvalue weighted by Gasteiger charge is 2.21. The van der Waals surface area contributed by atoms with E-state index in [4.69, 9.17) is 14.2 Å². The Labute approximate surface area is 183 Å². The van der Waals surface area contributed by atoms with Crippen molar-refractivity contribution in [3.63, 3.8) is 0 Å². The van der Waals surface area contributed by atoms with E-state index in [0.717, 1.165) is 11.1 Å². The summed E-state index contributed by atoms with van der Waals surface area (Å²) in [5.41, 5.74) is 1.27. The van der Waals surface area contributed by atoms with Gasteiger partial charge in [-0.2, -0.15) is 5.10 Å². The number of carbonyl (C=O) groups excluding carboxylic acids is 2. The van der Waals surface area contributed by atoms with Crippen LogP contribution in [0.4, 0.5) is 0 Å². The lowest BCUT2D eigenvalue weighted by Crippen LogP contribution is -2.36. The van der Waals surface area contributed by atoms with E-state index in [0.29, 0.717) is 11.5 Å². The number of ether oxygens (including phenoxy) is 3. The van der Waals surface area contributed by atoms with Gasteiger partial charge >= 0.3 is 5.97 Å². The zero-order valence-electron chi connectivity index (χ0n) is 17.3. The standard InChI is InChI=1S/C23H21N3O6/c1-15(22(28)24-12-17-7-9-19-20(11-17)31-14-30-19)32-23(29)18-8-10-21(27)26(25-18)13-16-5-3-2-4-6-16/h2-11,15H,12-14H2,1H3,(H,24,28)/t15-/m0/s1. The second-order valence-corrected chi connectivity index (χ2v) is 7.15. The molecule has 1 atom stereocenters. The molecule has 9 heteroatoms. The van der Waals surface area contributed by atoms with Gasteiger partial charge in [-0.3, -0.25) is 9.59 Å². The Kier molecular flexibility index (Phi) is 6.16. The third-order valence-corrected chi connectivity index (χ3v) is 4.81. The van der Waals surface area contributed by atoms with Crippen LogP contribution in [0.2, 0.25) is 0 Å². The lowest BCUT2D eigenvalue weighted by molar-refractivity contribution is -0.129. The highest BCUT2D eigenvalue weighted by atomic mass is 16.7. The molecule has 1 amide bonds. The predicted molar refractivity (Wildman–Crippen MR) is 113 cm³/mol. The Bertz CT molecular complexity index is 1190. The van der Waals surface area contributed by atoms with E-state index < -0.39 is 18.0 Å². The van der Waals surface area contributed by atoms with E-state index >= 15 is 0 Å². The monoisotopic (exact) mass is 435 g/mol. The Balaban J connectivity index is 1.35. The van der Waals surface area contributed by atoms with Gasteiger partial charge in [0.05, 0.1) is 6.54 Å². The number of amides is 1. The minimum Gasteiger partial charge on any atom is -0.454 e. The van der Waals surface area contributed by atoms with Crippen molar-refractivity contribution in [1.29, 1.82) is 0 Å². The maximum atomic E-state index is 12.5. The number of hydrogen-bond donors (Lipinski definition) is 1. The normalized spacial score (nSPS) is 12.8. The van der Waals surface area contributed by atoms with Crippen molar-refractivity contribution in [3.8, 4) is 11.5 Å². The average molecular weight is 435 g/mol. The highest BCUT2D eigenvalue weighted by Crippen LogP contribution is 2.32. The van der Waals surface area contributed by atoms with Crippen LogP contribution >= 0.6 is 0 Å². The summed E-state index contributed by atoms with van der Waals surface area (Å²) >= 11 is 0. The molecule has 3 aromatic rings. The lowest BCUT2D eigenvalue weighted by Gasteiger charge is -2.14. The van der Waals surface area contributed by atoms with Crippen molar-refractivity contribution in [3.05, 3.63) is 87.8 Å². The summed E-state index contributed by atoms with van der Waals surface area (Å²) in [5.74, 6) is 0.0163. The van der Waals surface area contributed by atoms with Crippen molar-refractivity contribution in [2.45, 2.75) is 26.1 Å². The maximum absolute atomic E-state index is 12.5. The molecular weight excluding hydrogens is 414 g/mol. The second-order valence-electron chi connectivity index (χ2n) is 7.15. The van der Waals surface area contributed by atoms with E-state index in [2.05, 4.69) is 10.4 Å². The predicted octanol–water partition coefficient (Wildman–Crippen LogP) is 1.88. The Morgan fingerprint density at radius 3 is 2.66 bits per heavy atom. The molecule has 2 heterocycles. The van der Waals surface area contributed by atoms with Crippen LogP contribution in [0.15, 0.2) is 65.5 Å². The van der Waals surface area contributed by atoms with E-state index in [-0.39, 0.29) is 31.1 Å². The molecule has 0 saturated heterocycles. The van der Waals surface area contributed by atoms with Crippen LogP contribution in [0.25, 0.3) is 0 Å². The average Bonchev–Trinajstić information content (AvgIpc) is 3.27. The molecule has 0 bridgehead atoms. The molecule has 0 unspecified atom stereocenters. The van der Waals surface area contributed by atoms with Crippen molar-refractivity contribution < 1.29 is 23.8 Å². The van der Waals surface area contributed by atoms with Gasteiger partial charge in [-0.15, -0.1) is 0 Å². The van der Waals surface area contributed by atoms with Gasteiger partial charge in [-0.05, 0) is 36.2 Å². The van der Waals surface area contributed by atoms with Crippen molar-refractivity contribution in [2.24, 2.45) is 0 Å². The van der Waals surface area contributed by atoms with Gasteiger partial charge in [0.25, 0.3) is 11.5 Å². The highest BCUT2D eigenvalue weighted by molar-refractivity contribution is 5.90. The number of rotatable bonds is 7. The number of aromatic nitrogens is 2. The smallest absolute Gasteiger partial charge is 0.359 e. The molecule has 32 heavy (non-hydrogen) atoms. The van der Waals surface area contributed by atoms with Gasteiger partial charge in [0.15, 0.2) is 23.3 Å². The zero-order chi connectivity index (χ0) is 22.5. The van der Waals surface area contributed by atoms with Gasteiger partial charge in [0, 0.05) is 12.6 Å². The summed E-state index contributed by atoms with van der Waals surface area (Å²) in [6, 6.07) is 17.2. The van der Waals surface area contributed by atoms with Gasteiger partial charge in [-0.1, -0.05) is 36.4 Å². The summed E-state index contributed by atoms with van der Waals surface area (Å²) in [6.07, 6.45) is -1.05. The molecule has 0 aliphatic carbocycles. The second kappa shape index (κ2) is 9.34. The number of benzene rings is 2. The third kappa shape index (κ3) is 4.94. The van der Waals surface area contributed by atoms with E-state index in [9.17, 15) is 14.4 Å². The SMILES string of the molecule is C[C@H](OC(=O)c1ccc(=O)n(Cc2ccccc2)n1)C(=O)NCc1ccc2c(c1)OCO2.